The van der Waals surface area contributed by atoms with Gasteiger partial charge in [0, 0.05) is 62.3 Å². The summed E-state index contributed by atoms with van der Waals surface area (Å²) >= 11 is 0. The molecule has 0 bridgehead atoms. The third kappa shape index (κ3) is 7.99. The van der Waals surface area contributed by atoms with E-state index in [1.54, 1.807) is 36.1 Å². The number of hydrogen-bond acceptors (Lipinski definition) is 13. The Kier molecular flexibility index (Phi) is 11.2. The molecule has 5 heterocycles. The number of carbonyl (C=O) groups is 1. The van der Waals surface area contributed by atoms with Gasteiger partial charge in [-0.25, -0.2) is 37.6 Å². The minimum Gasteiger partial charge on any atom is -0.487 e. The molecule has 60 heavy (non-hydrogen) atoms. The van der Waals surface area contributed by atoms with Crippen LogP contribution in [-0.2, 0) is 9.47 Å². The van der Waals surface area contributed by atoms with E-state index in [2.05, 4.69) is 30.6 Å². The van der Waals surface area contributed by atoms with Crippen LogP contribution in [0.4, 0.5) is 30.5 Å². The molecule has 1 atom stereocenters. The molecule has 7 aromatic rings. The van der Waals surface area contributed by atoms with Gasteiger partial charge in [0.25, 0.3) is 0 Å². The number of carboxylic acid groups (broad SMARTS) is 1. The number of methoxy groups -OCH3 is 2. The molecule has 4 aromatic heterocycles. The summed E-state index contributed by atoms with van der Waals surface area (Å²) in [6, 6.07) is 14.4. The zero-order valence-electron chi connectivity index (χ0n) is 32.1. The molecule has 2 N–H and O–H groups in total. The third-order valence-electron chi connectivity index (χ3n) is 9.87. The van der Waals surface area contributed by atoms with Crippen molar-refractivity contribution in [1.29, 1.82) is 0 Å². The van der Waals surface area contributed by atoms with E-state index < -0.39 is 34.4 Å². The van der Waals surface area contributed by atoms with Gasteiger partial charge >= 0.3 is 5.97 Å². The molecule has 0 saturated carbocycles. The number of benzene rings is 3. The van der Waals surface area contributed by atoms with E-state index in [9.17, 15) is 23.5 Å². The molecule has 19 heteroatoms. The topological polar surface area (TPSA) is 181 Å². The summed E-state index contributed by atoms with van der Waals surface area (Å²) in [4.78, 5) is 40.0. The van der Waals surface area contributed by atoms with Crippen molar-refractivity contribution in [3.63, 3.8) is 0 Å². The monoisotopic (exact) mass is 823 g/mol. The molecular weight excluding hydrogens is 788 g/mol. The molecular formula is C41H36F3N9O7. The Bertz CT molecular complexity index is 2800. The number of ether oxygens (including phenoxy) is 4. The number of halogens is 3. The number of nitrogens with one attached hydrogen (secondary N) is 1. The lowest BCUT2D eigenvalue weighted by Gasteiger charge is -2.20. The maximum absolute atomic E-state index is 15.8. The quantitative estimate of drug-likeness (QED) is 0.116. The van der Waals surface area contributed by atoms with Gasteiger partial charge < -0.3 is 34.3 Å². The second-order valence-corrected chi connectivity index (χ2v) is 13.7. The maximum atomic E-state index is 15.8. The summed E-state index contributed by atoms with van der Waals surface area (Å²) in [6.07, 6.45) is 4.66. The highest BCUT2D eigenvalue weighted by Gasteiger charge is 2.30. The van der Waals surface area contributed by atoms with E-state index in [1.165, 1.54) is 6.33 Å². The van der Waals surface area contributed by atoms with Crippen molar-refractivity contribution in [2.75, 3.05) is 64.0 Å². The SMILES string of the molecule is COCCOc1cc2ncnc(Nc3cccc(-c4cn(C5CCN(c6nc7c(cc6F)c(=O)c(C(=O)O)cn7-c6ccc(F)cc6F)C5)nn4)c3)c2cc1OCCOC. The number of carboxylic acids is 1. The predicted molar refractivity (Wildman–Crippen MR) is 213 cm³/mol. The van der Waals surface area contributed by atoms with Crippen molar-refractivity contribution >= 4 is 45.2 Å². The average molecular weight is 824 g/mol. The predicted octanol–water partition coefficient (Wildman–Crippen LogP) is 5.95. The van der Waals surface area contributed by atoms with Crippen LogP contribution in [-0.4, -0.2) is 99.3 Å². The first kappa shape index (κ1) is 39.7. The average Bonchev–Trinajstić information content (AvgIpc) is 3.93. The number of hydrogen-bond donors (Lipinski definition) is 2. The molecule has 0 amide bonds. The van der Waals surface area contributed by atoms with E-state index in [-0.39, 0.29) is 35.1 Å². The standard InChI is InChI=1S/C41H36F3N9O7/c1-57-10-12-59-35-17-27-32(18-36(35)60-13-11-58-2)45-22-46-38(27)47-25-5-3-4-23(14-25)33-21-53(50-49-33)26-8-9-51(19-26)40-31(44)16-28-37(54)29(41(55)56)20-52(39(28)48-40)34-7-6-24(42)15-30(34)43/h3-7,14-18,20-22,26H,8-13,19H2,1-2H3,(H,55,56)(H,45,46,47). The summed E-state index contributed by atoms with van der Waals surface area (Å²) in [5.41, 5.74) is 0.470. The summed E-state index contributed by atoms with van der Waals surface area (Å²) in [5.74, 6) is -2.97. The Morgan fingerprint density at radius 1 is 0.900 bits per heavy atom. The van der Waals surface area contributed by atoms with Crippen LogP contribution >= 0.6 is 0 Å². The van der Waals surface area contributed by atoms with Gasteiger partial charge in [0.15, 0.2) is 28.8 Å². The first-order chi connectivity index (χ1) is 29.1. The molecule has 0 aliphatic carbocycles. The van der Waals surface area contributed by atoms with Crippen LogP contribution in [0, 0.1) is 17.5 Å². The lowest BCUT2D eigenvalue weighted by atomic mass is 10.1. The fourth-order valence-electron chi connectivity index (χ4n) is 6.94. The fraction of sp³-hybridized carbons (Fsp3) is 0.244. The van der Waals surface area contributed by atoms with E-state index >= 15 is 4.39 Å². The number of aromatic nitrogens is 7. The molecule has 0 radical (unpaired) electrons. The third-order valence-corrected chi connectivity index (χ3v) is 9.87. The Hall–Kier alpha value is -7.12. The van der Waals surface area contributed by atoms with Gasteiger partial charge in [0.1, 0.15) is 48.3 Å². The van der Waals surface area contributed by atoms with Crippen LogP contribution in [0.2, 0.25) is 0 Å². The van der Waals surface area contributed by atoms with Gasteiger partial charge in [-0.1, -0.05) is 17.3 Å². The minimum absolute atomic E-state index is 0.136. The highest BCUT2D eigenvalue weighted by molar-refractivity contribution is 5.94. The molecule has 1 aliphatic rings. The van der Waals surface area contributed by atoms with Crippen LogP contribution in [0.25, 0.3) is 38.9 Å². The van der Waals surface area contributed by atoms with Crippen molar-refractivity contribution in [3.8, 4) is 28.4 Å². The molecule has 16 nitrogen and oxygen atoms in total. The first-order valence-corrected chi connectivity index (χ1v) is 18.6. The van der Waals surface area contributed by atoms with E-state index in [1.807, 2.05) is 30.3 Å². The Balaban J connectivity index is 1.03. The molecule has 3 aromatic carbocycles. The number of nitrogens with zero attached hydrogens (tertiary/aromatic N) is 8. The van der Waals surface area contributed by atoms with Crippen LogP contribution in [0.15, 0.2) is 84.2 Å². The Morgan fingerprint density at radius 3 is 2.43 bits per heavy atom. The number of rotatable bonds is 15. The van der Waals surface area contributed by atoms with Gasteiger partial charge in [0.2, 0.25) is 5.43 Å². The zero-order chi connectivity index (χ0) is 41.9. The molecule has 308 valence electrons. The van der Waals surface area contributed by atoms with Gasteiger partial charge in [0.05, 0.1) is 42.0 Å². The molecule has 0 spiro atoms. The van der Waals surface area contributed by atoms with Crippen molar-refractivity contribution in [1.82, 2.24) is 34.5 Å². The second kappa shape index (κ2) is 17.0. The summed E-state index contributed by atoms with van der Waals surface area (Å²) < 4.78 is 69.4. The van der Waals surface area contributed by atoms with Crippen molar-refractivity contribution < 1.29 is 42.0 Å². The Labute approximate surface area is 338 Å². The van der Waals surface area contributed by atoms with E-state index in [0.717, 1.165) is 34.5 Å². The smallest absolute Gasteiger partial charge is 0.341 e. The fourth-order valence-corrected chi connectivity index (χ4v) is 6.94. The van der Waals surface area contributed by atoms with Gasteiger partial charge in [-0.15, -0.1) is 5.10 Å². The zero-order valence-corrected chi connectivity index (χ0v) is 32.1. The molecule has 1 fully saturated rings. The normalized spacial score (nSPS) is 13.9. The van der Waals surface area contributed by atoms with Gasteiger partial charge in [-0.05, 0) is 42.8 Å². The second-order valence-electron chi connectivity index (χ2n) is 13.7. The van der Waals surface area contributed by atoms with E-state index in [4.69, 9.17) is 18.9 Å². The van der Waals surface area contributed by atoms with Gasteiger partial charge in [-0.2, -0.15) is 0 Å². The lowest BCUT2D eigenvalue weighted by molar-refractivity contribution is 0.0695. The summed E-state index contributed by atoms with van der Waals surface area (Å²) in [6.45, 7) is 1.99. The van der Waals surface area contributed by atoms with Crippen molar-refractivity contribution in [2.24, 2.45) is 0 Å². The number of anilines is 3. The van der Waals surface area contributed by atoms with E-state index in [0.29, 0.717) is 85.1 Å². The number of fused-ring (bicyclic) bond motifs is 2. The molecule has 8 rings (SSSR count). The largest absolute Gasteiger partial charge is 0.487 e. The summed E-state index contributed by atoms with van der Waals surface area (Å²) in [5, 5.41) is 22.2. The highest BCUT2D eigenvalue weighted by Crippen LogP contribution is 2.36. The van der Waals surface area contributed by atoms with Gasteiger partial charge in [-0.3, -0.25) is 9.36 Å². The molecule has 1 unspecified atom stereocenters. The molecule has 1 saturated heterocycles. The van der Waals surface area contributed by atoms with Crippen molar-refractivity contribution in [3.05, 3.63) is 113 Å². The van der Waals surface area contributed by atoms with Crippen LogP contribution in [0.3, 0.4) is 0 Å². The molecule has 1 aliphatic heterocycles. The van der Waals surface area contributed by atoms with Crippen LogP contribution in [0.1, 0.15) is 22.8 Å². The van der Waals surface area contributed by atoms with Crippen LogP contribution in [0.5, 0.6) is 11.5 Å². The Morgan fingerprint density at radius 2 is 1.68 bits per heavy atom. The number of aromatic carboxylic acids is 1. The lowest BCUT2D eigenvalue weighted by Crippen LogP contribution is -2.25. The minimum atomic E-state index is -1.60. The van der Waals surface area contributed by atoms with Crippen LogP contribution < -0.4 is 25.1 Å². The highest BCUT2D eigenvalue weighted by atomic mass is 19.1. The summed E-state index contributed by atoms with van der Waals surface area (Å²) in [7, 11) is 3.18. The number of pyridine rings is 2. The first-order valence-electron chi connectivity index (χ1n) is 18.6. The maximum Gasteiger partial charge on any atom is 0.341 e. The van der Waals surface area contributed by atoms with Crippen molar-refractivity contribution in [2.45, 2.75) is 12.5 Å².